The molecule has 164 valence electrons. The number of hydrogen-bond acceptors (Lipinski definition) is 4. The number of halogens is 1. The molecule has 0 saturated carbocycles. The molecule has 0 spiro atoms. The fraction of sp³-hybridized carbons (Fsp3) is 0.583. The van der Waals surface area contributed by atoms with Gasteiger partial charge in [-0.1, -0.05) is 30.4 Å². The lowest BCUT2D eigenvalue weighted by Gasteiger charge is -2.34. The predicted molar refractivity (Wildman–Crippen MR) is 119 cm³/mol. The van der Waals surface area contributed by atoms with E-state index < -0.39 is 15.5 Å². The van der Waals surface area contributed by atoms with Crippen LogP contribution in [0.4, 0.5) is 4.39 Å². The molecule has 6 heteroatoms. The number of hydrogen-bond donors (Lipinski definition) is 0. The molecule has 2 unspecified atom stereocenters. The zero-order valence-electron chi connectivity index (χ0n) is 17.9. The molecule has 0 bridgehead atoms. The highest BCUT2D eigenvalue weighted by atomic mass is 32.2. The lowest BCUT2D eigenvalue weighted by Crippen LogP contribution is -2.41. The maximum absolute atomic E-state index is 13.8. The van der Waals surface area contributed by atoms with Crippen molar-refractivity contribution >= 4 is 15.4 Å². The number of nitrogens with zero attached hydrogens (tertiary/aromatic N) is 1. The van der Waals surface area contributed by atoms with Gasteiger partial charge in [0.1, 0.15) is 11.4 Å². The Kier molecular flexibility index (Phi) is 6.08. The van der Waals surface area contributed by atoms with E-state index in [-0.39, 0.29) is 16.9 Å². The van der Waals surface area contributed by atoms with Crippen LogP contribution in [0.25, 0.3) is 5.57 Å². The van der Waals surface area contributed by atoms with Crippen molar-refractivity contribution in [3.63, 3.8) is 0 Å². The van der Waals surface area contributed by atoms with E-state index in [1.165, 1.54) is 0 Å². The zero-order chi connectivity index (χ0) is 21.4. The van der Waals surface area contributed by atoms with Crippen molar-refractivity contribution in [3.05, 3.63) is 48.1 Å². The van der Waals surface area contributed by atoms with Gasteiger partial charge >= 0.3 is 0 Å². The third-order valence-electron chi connectivity index (χ3n) is 6.41. The van der Waals surface area contributed by atoms with Gasteiger partial charge in [-0.15, -0.1) is 0 Å². The summed E-state index contributed by atoms with van der Waals surface area (Å²) in [5.74, 6) is 1.75. The summed E-state index contributed by atoms with van der Waals surface area (Å²) in [6.45, 7) is 6.33. The van der Waals surface area contributed by atoms with Crippen LogP contribution in [0.3, 0.4) is 0 Å². The largest absolute Gasteiger partial charge is 0.493 e. The number of sulfone groups is 1. The van der Waals surface area contributed by atoms with Crippen LogP contribution in [0, 0.1) is 11.8 Å². The van der Waals surface area contributed by atoms with Crippen molar-refractivity contribution in [2.75, 3.05) is 32.0 Å². The first-order valence-corrected chi connectivity index (χ1v) is 12.7. The van der Waals surface area contributed by atoms with E-state index in [1.54, 1.807) is 13.8 Å². The average Bonchev–Trinajstić information content (AvgIpc) is 3.01. The molecule has 1 aromatic carbocycles. The standard InChI is InChI=1S/C24H32FNO3S/c1-24(2,25)17-26-12-9-18(10-13-26)16-29-22-6-3-19(4-7-22)20-5-8-23-21(15-20)11-14-30(23,27)28/h3-8,15,18,21,23H,9-14,16-17H2,1-2H3. The summed E-state index contributed by atoms with van der Waals surface area (Å²) in [5.41, 5.74) is 1.03. The molecular formula is C24H32FNO3S. The normalized spacial score (nSPS) is 27.0. The maximum Gasteiger partial charge on any atom is 0.157 e. The molecule has 1 aliphatic carbocycles. The van der Waals surface area contributed by atoms with Crippen LogP contribution >= 0.6 is 0 Å². The molecule has 2 atom stereocenters. The molecule has 4 nitrogen and oxygen atoms in total. The van der Waals surface area contributed by atoms with Gasteiger partial charge in [-0.05, 0) is 81.3 Å². The molecule has 3 aliphatic rings. The van der Waals surface area contributed by atoms with Gasteiger partial charge in [-0.25, -0.2) is 12.8 Å². The number of likely N-dealkylation sites (tertiary alicyclic amines) is 1. The Morgan fingerprint density at radius 2 is 1.83 bits per heavy atom. The number of piperidine rings is 1. The monoisotopic (exact) mass is 433 g/mol. The molecule has 0 N–H and O–H groups in total. The number of allylic oxidation sites excluding steroid dienone is 3. The fourth-order valence-corrected chi connectivity index (χ4v) is 6.72. The smallest absolute Gasteiger partial charge is 0.157 e. The molecular weight excluding hydrogens is 401 g/mol. The molecule has 2 heterocycles. The second-order valence-electron chi connectivity index (χ2n) is 9.54. The molecule has 1 aromatic rings. The highest BCUT2D eigenvalue weighted by Gasteiger charge is 2.38. The summed E-state index contributed by atoms with van der Waals surface area (Å²) in [7, 11) is -2.96. The SMILES string of the molecule is CC(C)(F)CN1CCC(COc2ccc(C3=CC4CCS(=O)(=O)C4C=C3)cc2)CC1. The van der Waals surface area contributed by atoms with Crippen LogP contribution in [0.1, 0.15) is 38.7 Å². The lowest BCUT2D eigenvalue weighted by molar-refractivity contribution is 0.0836. The van der Waals surface area contributed by atoms with Gasteiger partial charge in [-0.3, -0.25) is 0 Å². The number of alkyl halides is 1. The van der Waals surface area contributed by atoms with E-state index in [0.717, 1.165) is 42.8 Å². The van der Waals surface area contributed by atoms with Gasteiger partial charge in [0.2, 0.25) is 0 Å². The van der Waals surface area contributed by atoms with Crippen molar-refractivity contribution in [2.45, 2.75) is 44.0 Å². The summed E-state index contributed by atoms with van der Waals surface area (Å²) in [5, 5.41) is -0.341. The van der Waals surface area contributed by atoms with Crippen LogP contribution in [0.2, 0.25) is 0 Å². The Labute approximate surface area is 179 Å². The molecule has 0 amide bonds. The van der Waals surface area contributed by atoms with Crippen LogP contribution < -0.4 is 4.74 Å². The Bertz CT molecular complexity index is 907. The van der Waals surface area contributed by atoms with Crippen LogP contribution in [0.5, 0.6) is 5.75 Å². The molecule has 0 aromatic heterocycles. The number of ether oxygens (including phenoxy) is 1. The van der Waals surface area contributed by atoms with E-state index in [0.29, 0.717) is 25.5 Å². The first-order chi connectivity index (χ1) is 14.2. The van der Waals surface area contributed by atoms with Gasteiger partial charge in [0.05, 0.1) is 17.6 Å². The topological polar surface area (TPSA) is 46.6 Å². The molecule has 0 radical (unpaired) electrons. The number of fused-ring (bicyclic) bond motifs is 1. The third-order valence-corrected chi connectivity index (χ3v) is 8.55. The fourth-order valence-electron chi connectivity index (χ4n) is 4.79. The van der Waals surface area contributed by atoms with E-state index in [1.807, 2.05) is 36.4 Å². The van der Waals surface area contributed by atoms with Gasteiger partial charge in [0, 0.05) is 6.54 Å². The molecule has 4 rings (SSSR count). The minimum atomic E-state index is -2.96. The van der Waals surface area contributed by atoms with Crippen LogP contribution in [-0.4, -0.2) is 56.2 Å². The summed E-state index contributed by atoms with van der Waals surface area (Å²) < 4.78 is 43.9. The minimum absolute atomic E-state index is 0.0970. The molecule has 2 fully saturated rings. The van der Waals surface area contributed by atoms with Crippen molar-refractivity contribution < 1.29 is 17.5 Å². The first kappa shape index (κ1) is 21.6. The summed E-state index contributed by atoms with van der Waals surface area (Å²) >= 11 is 0. The van der Waals surface area contributed by atoms with Crippen LogP contribution in [-0.2, 0) is 9.84 Å². The molecule has 2 aliphatic heterocycles. The van der Waals surface area contributed by atoms with Crippen molar-refractivity contribution in [2.24, 2.45) is 11.8 Å². The van der Waals surface area contributed by atoms with Crippen molar-refractivity contribution in [1.29, 1.82) is 0 Å². The molecule has 30 heavy (non-hydrogen) atoms. The quantitative estimate of drug-likeness (QED) is 0.672. The lowest BCUT2D eigenvalue weighted by atomic mass is 9.91. The van der Waals surface area contributed by atoms with E-state index in [9.17, 15) is 12.8 Å². The Morgan fingerprint density at radius 3 is 2.50 bits per heavy atom. The Hall–Kier alpha value is -1.66. The average molecular weight is 434 g/mol. The summed E-state index contributed by atoms with van der Waals surface area (Å²) in [4.78, 5) is 2.21. The molecule has 2 saturated heterocycles. The minimum Gasteiger partial charge on any atom is -0.493 e. The summed E-state index contributed by atoms with van der Waals surface area (Å²) in [6, 6.07) is 8.06. The highest BCUT2D eigenvalue weighted by Crippen LogP contribution is 2.36. The van der Waals surface area contributed by atoms with E-state index in [2.05, 4.69) is 11.0 Å². The van der Waals surface area contributed by atoms with Gasteiger partial charge in [-0.2, -0.15) is 0 Å². The van der Waals surface area contributed by atoms with Gasteiger partial charge < -0.3 is 9.64 Å². The van der Waals surface area contributed by atoms with E-state index >= 15 is 0 Å². The Balaban J connectivity index is 1.28. The van der Waals surface area contributed by atoms with Crippen molar-refractivity contribution in [3.8, 4) is 5.75 Å². The van der Waals surface area contributed by atoms with E-state index in [4.69, 9.17) is 4.74 Å². The maximum atomic E-state index is 13.8. The van der Waals surface area contributed by atoms with Crippen molar-refractivity contribution in [1.82, 2.24) is 4.90 Å². The second-order valence-corrected chi connectivity index (χ2v) is 11.8. The number of rotatable bonds is 6. The second kappa shape index (κ2) is 8.46. The predicted octanol–water partition coefficient (Wildman–Crippen LogP) is 4.28. The summed E-state index contributed by atoms with van der Waals surface area (Å²) in [6.07, 6.45) is 8.69. The van der Waals surface area contributed by atoms with Gasteiger partial charge in [0.15, 0.2) is 9.84 Å². The van der Waals surface area contributed by atoms with Crippen LogP contribution in [0.15, 0.2) is 42.5 Å². The number of benzene rings is 1. The zero-order valence-corrected chi connectivity index (χ0v) is 18.7. The third kappa shape index (κ3) is 5.14. The highest BCUT2D eigenvalue weighted by molar-refractivity contribution is 7.92. The van der Waals surface area contributed by atoms with Gasteiger partial charge in [0.25, 0.3) is 0 Å². The first-order valence-electron chi connectivity index (χ1n) is 11.0. The Morgan fingerprint density at radius 1 is 1.13 bits per heavy atom.